The number of benzene rings is 1. The fraction of sp³-hybridized carbons (Fsp3) is 0.143. The van der Waals surface area contributed by atoms with Crippen molar-refractivity contribution in [1.82, 2.24) is 4.98 Å². The van der Waals surface area contributed by atoms with Crippen LogP contribution in [0.1, 0.15) is 11.1 Å². The summed E-state index contributed by atoms with van der Waals surface area (Å²) in [4.78, 5) is 8.40. The lowest BCUT2D eigenvalue weighted by Crippen LogP contribution is -1.86. The first-order valence-electron chi connectivity index (χ1n) is 5.41. The van der Waals surface area contributed by atoms with Gasteiger partial charge in [0.25, 0.3) is 0 Å². The summed E-state index contributed by atoms with van der Waals surface area (Å²) in [6, 6.07) is 11.7. The van der Waals surface area contributed by atoms with E-state index in [2.05, 4.69) is 9.98 Å². The molecule has 0 amide bonds. The molecule has 1 aromatic heterocycles. The van der Waals surface area contributed by atoms with Crippen LogP contribution < -0.4 is 4.74 Å². The van der Waals surface area contributed by atoms with Gasteiger partial charge in [-0.05, 0) is 41.5 Å². The summed E-state index contributed by atoms with van der Waals surface area (Å²) in [5.74, 6) is 0.856. The van der Waals surface area contributed by atoms with Crippen LogP contribution in [0.4, 0.5) is 0 Å². The first-order valence-corrected chi connectivity index (χ1v) is 5.41. The number of ether oxygens (including phenoxy) is 1. The molecule has 1 heterocycles. The molecule has 0 fully saturated rings. The van der Waals surface area contributed by atoms with Gasteiger partial charge in [0.05, 0.1) is 13.7 Å². The van der Waals surface area contributed by atoms with Crippen molar-refractivity contribution in [2.75, 3.05) is 7.11 Å². The van der Waals surface area contributed by atoms with Crippen LogP contribution in [0.3, 0.4) is 0 Å². The summed E-state index contributed by atoms with van der Waals surface area (Å²) < 4.78 is 5.09. The van der Waals surface area contributed by atoms with Crippen LogP contribution in [-0.4, -0.2) is 18.3 Å². The third kappa shape index (κ3) is 3.41. The molecular weight excluding hydrogens is 212 g/mol. The maximum absolute atomic E-state index is 5.09. The molecule has 0 aliphatic rings. The zero-order valence-electron chi connectivity index (χ0n) is 9.71. The Morgan fingerprint density at radius 1 is 1.24 bits per heavy atom. The Balaban J connectivity index is 1.96. The number of aromatic nitrogens is 1. The average molecular weight is 226 g/mol. The summed E-state index contributed by atoms with van der Waals surface area (Å²) in [5, 5.41) is 0. The monoisotopic (exact) mass is 226 g/mol. The Morgan fingerprint density at radius 3 is 2.71 bits per heavy atom. The minimum Gasteiger partial charge on any atom is -0.497 e. The van der Waals surface area contributed by atoms with Crippen molar-refractivity contribution in [1.29, 1.82) is 0 Å². The van der Waals surface area contributed by atoms with Crippen LogP contribution in [0.15, 0.2) is 53.8 Å². The van der Waals surface area contributed by atoms with Crippen LogP contribution in [0, 0.1) is 0 Å². The van der Waals surface area contributed by atoms with E-state index in [1.807, 2.05) is 48.8 Å². The minimum absolute atomic E-state index is 0.653. The molecule has 0 N–H and O–H groups in total. The molecule has 0 spiro atoms. The van der Waals surface area contributed by atoms with Crippen molar-refractivity contribution in [2.45, 2.75) is 6.54 Å². The first kappa shape index (κ1) is 11.3. The Kier molecular flexibility index (Phi) is 3.86. The Morgan fingerprint density at radius 2 is 2.06 bits per heavy atom. The van der Waals surface area contributed by atoms with Crippen molar-refractivity contribution in [3.05, 3.63) is 59.9 Å². The van der Waals surface area contributed by atoms with Gasteiger partial charge < -0.3 is 4.74 Å². The van der Waals surface area contributed by atoms with Gasteiger partial charge in [-0.2, -0.15) is 0 Å². The molecule has 0 radical (unpaired) electrons. The van der Waals surface area contributed by atoms with Gasteiger partial charge in [-0.15, -0.1) is 0 Å². The highest BCUT2D eigenvalue weighted by atomic mass is 16.5. The van der Waals surface area contributed by atoms with Crippen LogP contribution in [-0.2, 0) is 6.54 Å². The molecule has 3 heteroatoms. The topological polar surface area (TPSA) is 34.5 Å². The van der Waals surface area contributed by atoms with Crippen molar-refractivity contribution >= 4 is 6.21 Å². The van der Waals surface area contributed by atoms with Crippen molar-refractivity contribution in [3.8, 4) is 5.75 Å². The molecule has 17 heavy (non-hydrogen) atoms. The maximum atomic E-state index is 5.09. The van der Waals surface area contributed by atoms with E-state index in [4.69, 9.17) is 4.74 Å². The third-order valence-corrected chi connectivity index (χ3v) is 2.35. The van der Waals surface area contributed by atoms with E-state index < -0.39 is 0 Å². The normalized spacial score (nSPS) is 10.6. The first-order chi connectivity index (χ1) is 8.38. The number of rotatable bonds is 4. The van der Waals surface area contributed by atoms with E-state index in [9.17, 15) is 0 Å². The smallest absolute Gasteiger partial charge is 0.118 e. The van der Waals surface area contributed by atoms with Gasteiger partial charge in [-0.3, -0.25) is 9.98 Å². The van der Waals surface area contributed by atoms with Crippen molar-refractivity contribution in [2.24, 2.45) is 4.99 Å². The van der Waals surface area contributed by atoms with E-state index in [0.29, 0.717) is 6.54 Å². The molecule has 0 aliphatic carbocycles. The van der Waals surface area contributed by atoms with Gasteiger partial charge >= 0.3 is 0 Å². The molecule has 0 atom stereocenters. The number of nitrogens with zero attached hydrogens (tertiary/aromatic N) is 2. The molecule has 2 rings (SSSR count). The average Bonchev–Trinajstić information content (AvgIpc) is 2.41. The Hall–Kier alpha value is -2.16. The Labute approximate surface area is 101 Å². The van der Waals surface area contributed by atoms with Crippen LogP contribution in [0.5, 0.6) is 5.75 Å². The van der Waals surface area contributed by atoms with Gasteiger partial charge in [0, 0.05) is 18.6 Å². The van der Waals surface area contributed by atoms with Crippen molar-refractivity contribution in [3.63, 3.8) is 0 Å². The molecule has 0 bridgehead atoms. The second kappa shape index (κ2) is 5.80. The molecule has 1 aromatic carbocycles. The maximum Gasteiger partial charge on any atom is 0.118 e. The molecule has 3 nitrogen and oxygen atoms in total. The van der Waals surface area contributed by atoms with Crippen molar-refractivity contribution < 1.29 is 4.74 Å². The summed E-state index contributed by atoms with van der Waals surface area (Å²) in [6.07, 6.45) is 5.44. The highest BCUT2D eigenvalue weighted by Crippen LogP contribution is 2.10. The quantitative estimate of drug-likeness (QED) is 0.751. The molecule has 2 aromatic rings. The number of hydrogen-bond donors (Lipinski definition) is 0. The van der Waals surface area contributed by atoms with E-state index in [0.717, 1.165) is 16.9 Å². The van der Waals surface area contributed by atoms with E-state index in [-0.39, 0.29) is 0 Å². The fourth-order valence-electron chi connectivity index (χ4n) is 1.44. The predicted octanol–water partition coefficient (Wildman–Crippen LogP) is 2.71. The number of methoxy groups -OCH3 is 1. The van der Waals surface area contributed by atoms with Gasteiger partial charge in [-0.25, -0.2) is 0 Å². The number of hydrogen-bond acceptors (Lipinski definition) is 3. The zero-order chi connectivity index (χ0) is 11.9. The van der Waals surface area contributed by atoms with Crippen LogP contribution in [0.2, 0.25) is 0 Å². The van der Waals surface area contributed by atoms with E-state index in [1.165, 1.54) is 0 Å². The summed E-state index contributed by atoms with van der Waals surface area (Å²) >= 11 is 0. The second-order valence-electron chi connectivity index (χ2n) is 3.60. The summed E-state index contributed by atoms with van der Waals surface area (Å²) in [5.41, 5.74) is 2.17. The predicted molar refractivity (Wildman–Crippen MR) is 68.5 cm³/mol. The van der Waals surface area contributed by atoms with Crippen LogP contribution in [0.25, 0.3) is 0 Å². The lowest BCUT2D eigenvalue weighted by Gasteiger charge is -1.99. The van der Waals surface area contributed by atoms with E-state index in [1.54, 1.807) is 13.3 Å². The van der Waals surface area contributed by atoms with Gasteiger partial charge in [0.1, 0.15) is 5.75 Å². The Bertz CT molecular complexity index is 477. The van der Waals surface area contributed by atoms with Gasteiger partial charge in [0.15, 0.2) is 0 Å². The lowest BCUT2D eigenvalue weighted by atomic mass is 10.2. The number of pyridine rings is 1. The molecular formula is C14H14N2O. The summed E-state index contributed by atoms with van der Waals surface area (Å²) in [7, 11) is 1.66. The number of aliphatic imine (C=N–C) groups is 1. The molecule has 0 unspecified atom stereocenters. The van der Waals surface area contributed by atoms with Gasteiger partial charge in [-0.1, -0.05) is 6.07 Å². The third-order valence-electron chi connectivity index (χ3n) is 2.35. The standard InChI is InChI=1S/C14H14N2O/c1-17-14-6-4-12(5-7-14)9-16-11-13-3-2-8-15-10-13/h2-10H,11H2,1H3. The lowest BCUT2D eigenvalue weighted by molar-refractivity contribution is 0.415. The molecule has 0 saturated heterocycles. The van der Waals surface area contributed by atoms with Gasteiger partial charge in [0.2, 0.25) is 0 Å². The largest absolute Gasteiger partial charge is 0.497 e. The highest BCUT2D eigenvalue weighted by Gasteiger charge is 1.91. The minimum atomic E-state index is 0.653. The molecule has 0 aliphatic heterocycles. The molecule has 0 saturated carbocycles. The highest BCUT2D eigenvalue weighted by molar-refractivity contribution is 5.79. The van der Waals surface area contributed by atoms with Crippen LogP contribution >= 0.6 is 0 Å². The van der Waals surface area contributed by atoms with E-state index >= 15 is 0 Å². The second-order valence-corrected chi connectivity index (χ2v) is 3.60. The molecule has 86 valence electrons. The fourth-order valence-corrected chi connectivity index (χ4v) is 1.44. The summed E-state index contributed by atoms with van der Waals surface area (Å²) in [6.45, 7) is 0.653. The SMILES string of the molecule is COc1ccc(C=NCc2cccnc2)cc1. The zero-order valence-corrected chi connectivity index (χ0v) is 9.71.